The maximum atomic E-state index is 12.2. The third-order valence-corrected chi connectivity index (χ3v) is 4.20. The van der Waals surface area contributed by atoms with Gasteiger partial charge in [0.05, 0.1) is 6.61 Å². The molecule has 0 atom stereocenters. The lowest BCUT2D eigenvalue weighted by Gasteiger charge is -2.20. The average Bonchev–Trinajstić information content (AvgIpc) is 2.71. The van der Waals surface area contributed by atoms with Crippen molar-refractivity contribution in [1.29, 1.82) is 0 Å². The third-order valence-electron chi connectivity index (χ3n) is 4.20. The van der Waals surface area contributed by atoms with Crippen molar-refractivity contribution in [3.8, 4) is 0 Å². The number of hydrogen-bond donors (Lipinski definition) is 0. The van der Waals surface area contributed by atoms with Gasteiger partial charge >= 0.3 is 0 Å². The molecule has 0 saturated heterocycles. The first-order valence-corrected chi connectivity index (χ1v) is 10.5. The number of nitrogens with zero attached hydrogens (tertiary/aromatic N) is 2. The van der Waals surface area contributed by atoms with E-state index in [0.29, 0.717) is 44.9 Å². The molecule has 1 aromatic rings. The molecule has 6 heteroatoms. The number of carbonyl (C=O) groups is 3. The Morgan fingerprint density at radius 1 is 0.966 bits per heavy atom. The number of carbonyl (C=O) groups excluding carboxylic acids is 3. The van der Waals surface area contributed by atoms with Gasteiger partial charge in [0, 0.05) is 45.8 Å². The molecule has 0 fully saturated rings. The van der Waals surface area contributed by atoms with E-state index in [-0.39, 0.29) is 24.0 Å². The number of hydrogen-bond acceptors (Lipinski definition) is 4. The Morgan fingerprint density at radius 3 is 2.17 bits per heavy atom. The van der Waals surface area contributed by atoms with E-state index in [1.54, 1.807) is 14.1 Å². The molecule has 0 heterocycles. The highest BCUT2D eigenvalue weighted by molar-refractivity contribution is 6.04. The lowest BCUT2D eigenvalue weighted by Crippen LogP contribution is -2.36. The van der Waals surface area contributed by atoms with Crippen LogP contribution in [0.25, 0.3) is 0 Å². The van der Waals surface area contributed by atoms with Crippen LogP contribution >= 0.6 is 0 Å². The smallest absolute Gasteiger partial charge is 0.236 e. The summed E-state index contributed by atoms with van der Waals surface area (Å²) in [6.07, 6.45) is 1.67. The molecule has 0 aliphatic carbocycles. The van der Waals surface area contributed by atoms with Gasteiger partial charge in [0.2, 0.25) is 11.8 Å². The molecule has 6 nitrogen and oxygen atoms in total. The second-order valence-electron chi connectivity index (χ2n) is 7.13. The fraction of sp³-hybridized carbons (Fsp3) is 0.609. The van der Waals surface area contributed by atoms with Crippen molar-refractivity contribution >= 4 is 23.3 Å². The van der Waals surface area contributed by atoms with Crippen LogP contribution in [0.5, 0.6) is 0 Å². The Balaban J connectivity index is 0.00000379. The molecule has 0 saturated carbocycles. The van der Waals surface area contributed by atoms with Crippen LogP contribution in [0, 0.1) is 5.92 Å². The Kier molecular flexibility index (Phi) is 14.5. The predicted molar refractivity (Wildman–Crippen MR) is 118 cm³/mol. The minimum Gasteiger partial charge on any atom is -0.380 e. The van der Waals surface area contributed by atoms with E-state index in [0.717, 1.165) is 5.69 Å². The van der Waals surface area contributed by atoms with E-state index in [9.17, 15) is 14.4 Å². The number of para-hydroxylation sites is 1. The molecule has 0 radical (unpaired) electrons. The molecular formula is C23H38N2O4. The summed E-state index contributed by atoms with van der Waals surface area (Å²) in [5, 5.41) is 0. The lowest BCUT2D eigenvalue weighted by molar-refractivity contribution is -0.134. The van der Waals surface area contributed by atoms with Gasteiger partial charge in [-0.3, -0.25) is 14.4 Å². The Hall–Kier alpha value is -2.21. The van der Waals surface area contributed by atoms with E-state index in [2.05, 4.69) is 0 Å². The first kappa shape index (κ1) is 26.8. The van der Waals surface area contributed by atoms with Crippen molar-refractivity contribution in [2.75, 3.05) is 38.8 Å². The van der Waals surface area contributed by atoms with Crippen LogP contribution in [0.1, 0.15) is 53.4 Å². The fourth-order valence-electron chi connectivity index (χ4n) is 2.54. The Morgan fingerprint density at radius 2 is 1.59 bits per heavy atom. The number of anilines is 1. The Labute approximate surface area is 176 Å². The zero-order valence-corrected chi connectivity index (χ0v) is 18.9. The highest BCUT2D eigenvalue weighted by Gasteiger charge is 2.18. The van der Waals surface area contributed by atoms with Gasteiger partial charge in [-0.05, 0) is 24.5 Å². The summed E-state index contributed by atoms with van der Waals surface area (Å²) in [4.78, 5) is 39.0. The molecule has 1 aromatic carbocycles. The summed E-state index contributed by atoms with van der Waals surface area (Å²) < 4.78 is 5.49. The molecule has 0 spiro atoms. The summed E-state index contributed by atoms with van der Waals surface area (Å²) >= 11 is 0. The molecule has 0 aromatic heterocycles. The van der Waals surface area contributed by atoms with Gasteiger partial charge in [-0.25, -0.2) is 0 Å². The van der Waals surface area contributed by atoms with Gasteiger partial charge < -0.3 is 14.5 Å². The third kappa shape index (κ3) is 12.1. The highest BCUT2D eigenvalue weighted by Crippen LogP contribution is 2.12. The maximum absolute atomic E-state index is 12.2. The van der Waals surface area contributed by atoms with Crippen LogP contribution < -0.4 is 4.90 Å². The number of Topliss-reactive ketones (excluding diaryl/α,β-unsaturated/α-hetero) is 1. The molecule has 164 valence electrons. The van der Waals surface area contributed by atoms with E-state index in [4.69, 9.17) is 4.74 Å². The second-order valence-corrected chi connectivity index (χ2v) is 7.13. The van der Waals surface area contributed by atoms with Crippen molar-refractivity contribution in [3.63, 3.8) is 0 Å². The summed E-state index contributed by atoms with van der Waals surface area (Å²) in [6.45, 7) is 9.37. The van der Waals surface area contributed by atoms with Gasteiger partial charge in [-0.15, -0.1) is 0 Å². The number of likely N-dealkylation sites (N-methyl/N-ethyl adjacent to an activating group) is 1. The van der Waals surface area contributed by atoms with E-state index < -0.39 is 0 Å². The second kappa shape index (κ2) is 15.7. The highest BCUT2D eigenvalue weighted by atomic mass is 16.5. The largest absolute Gasteiger partial charge is 0.380 e. The molecule has 0 unspecified atom stereocenters. The summed E-state index contributed by atoms with van der Waals surface area (Å²) in [5.74, 6) is 0.171. The van der Waals surface area contributed by atoms with Gasteiger partial charge in [-0.2, -0.15) is 0 Å². The molecule has 0 bridgehead atoms. The minimum absolute atomic E-state index is 0.175. The predicted octanol–water partition coefficient (Wildman–Crippen LogP) is 3.94. The molecule has 2 amide bonds. The SMILES string of the molecule is CC.CC(C)CC(=O)CCCOCCN(C)C(=O)CC(=O)N(C)c1ccccc1. The molecule has 0 aliphatic rings. The van der Waals surface area contributed by atoms with Gasteiger partial charge in [-0.1, -0.05) is 45.9 Å². The van der Waals surface area contributed by atoms with E-state index >= 15 is 0 Å². The first-order valence-electron chi connectivity index (χ1n) is 10.5. The fourth-order valence-corrected chi connectivity index (χ4v) is 2.54. The van der Waals surface area contributed by atoms with Crippen molar-refractivity contribution in [2.45, 2.75) is 53.4 Å². The van der Waals surface area contributed by atoms with E-state index in [1.807, 2.05) is 58.0 Å². The number of ether oxygens (including phenoxy) is 1. The quantitative estimate of drug-likeness (QED) is 0.390. The molecule has 1 rings (SSSR count). The van der Waals surface area contributed by atoms with E-state index in [1.165, 1.54) is 9.80 Å². The zero-order valence-electron chi connectivity index (χ0n) is 18.9. The minimum atomic E-state index is -0.248. The van der Waals surface area contributed by atoms with Crippen LogP contribution in [0.3, 0.4) is 0 Å². The summed E-state index contributed by atoms with van der Waals surface area (Å²) in [5.41, 5.74) is 0.758. The van der Waals surface area contributed by atoms with Crippen molar-refractivity contribution in [3.05, 3.63) is 30.3 Å². The van der Waals surface area contributed by atoms with Crippen molar-refractivity contribution < 1.29 is 19.1 Å². The molecule has 0 aliphatic heterocycles. The molecule has 0 N–H and O–H groups in total. The van der Waals surface area contributed by atoms with Crippen LogP contribution in [0.2, 0.25) is 0 Å². The molecule has 29 heavy (non-hydrogen) atoms. The maximum Gasteiger partial charge on any atom is 0.236 e. The van der Waals surface area contributed by atoms with Crippen molar-refractivity contribution in [2.24, 2.45) is 5.92 Å². The van der Waals surface area contributed by atoms with Crippen LogP contribution in [0.15, 0.2) is 30.3 Å². The number of rotatable bonds is 12. The van der Waals surface area contributed by atoms with Crippen molar-refractivity contribution in [1.82, 2.24) is 4.90 Å². The normalized spacial score (nSPS) is 10.2. The monoisotopic (exact) mass is 406 g/mol. The van der Waals surface area contributed by atoms with Crippen LogP contribution in [-0.2, 0) is 19.1 Å². The first-order chi connectivity index (χ1) is 13.8. The standard InChI is InChI=1S/C21H32N2O4.C2H6/c1-17(2)15-19(24)11-8-13-27-14-12-22(3)20(25)16-21(26)23(4)18-9-6-5-7-10-18;1-2/h5-7,9-10,17H,8,11-16H2,1-4H3;1-2H3. The number of amides is 2. The zero-order chi connectivity index (χ0) is 22.2. The van der Waals surface area contributed by atoms with Gasteiger partial charge in [0.15, 0.2) is 0 Å². The van der Waals surface area contributed by atoms with Crippen LogP contribution in [-0.4, -0.2) is 56.4 Å². The summed E-state index contributed by atoms with van der Waals surface area (Å²) in [6, 6.07) is 9.22. The van der Waals surface area contributed by atoms with Gasteiger partial charge in [0.1, 0.15) is 12.2 Å². The average molecular weight is 407 g/mol. The topological polar surface area (TPSA) is 66.9 Å². The number of ketones is 1. The summed E-state index contributed by atoms with van der Waals surface area (Å²) in [7, 11) is 3.32. The van der Waals surface area contributed by atoms with Gasteiger partial charge in [0.25, 0.3) is 0 Å². The van der Waals surface area contributed by atoms with Crippen LogP contribution in [0.4, 0.5) is 5.69 Å². The Bertz CT molecular complexity index is 602. The lowest BCUT2D eigenvalue weighted by atomic mass is 10.0. The number of benzene rings is 1. The molecular weight excluding hydrogens is 368 g/mol.